The number of nitrogens with zero attached hydrogens (tertiary/aromatic N) is 6. The Morgan fingerprint density at radius 3 is 2.81 bits per heavy atom. The quantitative estimate of drug-likeness (QED) is 0.406. The summed E-state index contributed by atoms with van der Waals surface area (Å²) in [6, 6.07) is 5.01. The van der Waals surface area contributed by atoms with Crippen molar-refractivity contribution >= 4 is 23.6 Å². The Kier molecular flexibility index (Phi) is 4.27. The average Bonchev–Trinajstić information content (AvgIpc) is 3.00. The van der Waals surface area contributed by atoms with E-state index in [-0.39, 0.29) is 22.9 Å². The Hall–Kier alpha value is -3.89. The summed E-state index contributed by atoms with van der Waals surface area (Å²) in [5.74, 6) is -1.04. The molecule has 0 bridgehead atoms. The van der Waals surface area contributed by atoms with Crippen LogP contribution < -0.4 is 10.5 Å². The van der Waals surface area contributed by atoms with Crippen LogP contribution in [0, 0.1) is 24.0 Å². The van der Waals surface area contributed by atoms with Crippen LogP contribution in [0.25, 0.3) is 5.78 Å². The number of benzene rings is 1. The van der Waals surface area contributed by atoms with Crippen molar-refractivity contribution in [1.82, 2.24) is 25.0 Å². The molecule has 3 aromatic rings. The number of aryl methyl sites for hydroxylation is 2. The van der Waals surface area contributed by atoms with E-state index in [2.05, 4.69) is 25.6 Å². The number of amides is 1. The van der Waals surface area contributed by atoms with E-state index in [1.807, 2.05) is 0 Å². The number of fused-ring (bicyclic) bond motifs is 1. The third-order valence-electron chi connectivity index (χ3n) is 3.40. The van der Waals surface area contributed by atoms with Crippen LogP contribution in [0.4, 0.5) is 5.69 Å². The SMILES string of the molecule is Cc1cc(C)n2nc(C(=O)N/N=C\c3cc([N+](=O)[O-])ccc3[O-])nc2n1. The molecule has 3 rings (SSSR count). The number of hydrogen-bond acceptors (Lipinski definition) is 8. The first-order valence-electron chi connectivity index (χ1n) is 7.35. The lowest BCUT2D eigenvalue weighted by molar-refractivity contribution is -0.385. The summed E-state index contributed by atoms with van der Waals surface area (Å²) in [7, 11) is 0. The van der Waals surface area contributed by atoms with Gasteiger partial charge in [-0.3, -0.25) is 14.9 Å². The average molecular weight is 354 g/mol. The molecule has 0 fully saturated rings. The molecule has 2 aromatic heterocycles. The predicted octanol–water partition coefficient (Wildman–Crippen LogP) is 0.487. The second-order valence-corrected chi connectivity index (χ2v) is 5.36. The van der Waals surface area contributed by atoms with Gasteiger partial charge >= 0.3 is 5.91 Å². The monoisotopic (exact) mass is 354 g/mol. The zero-order valence-corrected chi connectivity index (χ0v) is 13.7. The van der Waals surface area contributed by atoms with E-state index >= 15 is 0 Å². The number of rotatable bonds is 4. The van der Waals surface area contributed by atoms with Crippen molar-refractivity contribution in [2.45, 2.75) is 13.8 Å². The molecule has 1 amide bonds. The summed E-state index contributed by atoms with van der Waals surface area (Å²) < 4.78 is 1.42. The number of hydrogen-bond donors (Lipinski definition) is 1. The highest BCUT2D eigenvalue weighted by molar-refractivity contribution is 5.92. The first-order valence-corrected chi connectivity index (χ1v) is 7.35. The molecule has 0 aliphatic rings. The highest BCUT2D eigenvalue weighted by Crippen LogP contribution is 2.19. The Morgan fingerprint density at radius 1 is 1.31 bits per heavy atom. The number of non-ortho nitro benzene ring substituents is 1. The molecule has 0 atom stereocenters. The lowest BCUT2D eigenvalue weighted by atomic mass is 10.2. The minimum Gasteiger partial charge on any atom is -0.872 e. The van der Waals surface area contributed by atoms with Gasteiger partial charge in [0.05, 0.1) is 11.1 Å². The summed E-state index contributed by atoms with van der Waals surface area (Å²) in [5, 5.41) is 30.1. The van der Waals surface area contributed by atoms with Crippen molar-refractivity contribution in [3.8, 4) is 5.75 Å². The molecule has 11 nitrogen and oxygen atoms in total. The molecule has 1 aromatic carbocycles. The maximum Gasteiger partial charge on any atom is 0.311 e. The Balaban J connectivity index is 1.79. The molecule has 2 heterocycles. The third kappa shape index (κ3) is 3.31. The Bertz CT molecular complexity index is 1060. The fourth-order valence-electron chi connectivity index (χ4n) is 2.22. The van der Waals surface area contributed by atoms with Crippen LogP contribution in [0.3, 0.4) is 0 Å². The summed E-state index contributed by atoms with van der Waals surface area (Å²) in [6.07, 6.45) is 1.02. The number of aromatic nitrogens is 4. The van der Waals surface area contributed by atoms with E-state index in [0.717, 1.165) is 35.8 Å². The molecule has 26 heavy (non-hydrogen) atoms. The molecule has 0 saturated heterocycles. The van der Waals surface area contributed by atoms with Gasteiger partial charge in [-0.15, -0.1) is 5.10 Å². The van der Waals surface area contributed by atoms with Crippen LogP contribution in [-0.4, -0.2) is 36.6 Å². The smallest absolute Gasteiger partial charge is 0.311 e. The van der Waals surface area contributed by atoms with Crippen LogP contribution in [0.1, 0.15) is 27.6 Å². The summed E-state index contributed by atoms with van der Waals surface area (Å²) in [6.45, 7) is 3.60. The van der Waals surface area contributed by atoms with Gasteiger partial charge in [0.1, 0.15) is 0 Å². The van der Waals surface area contributed by atoms with E-state index in [1.54, 1.807) is 19.9 Å². The maximum absolute atomic E-state index is 12.1. The largest absolute Gasteiger partial charge is 0.872 e. The van der Waals surface area contributed by atoms with Gasteiger partial charge in [0.2, 0.25) is 5.82 Å². The summed E-state index contributed by atoms with van der Waals surface area (Å²) >= 11 is 0. The van der Waals surface area contributed by atoms with Gasteiger partial charge in [-0.25, -0.2) is 14.9 Å². The van der Waals surface area contributed by atoms with Gasteiger partial charge in [-0.1, -0.05) is 11.8 Å². The lowest BCUT2D eigenvalue weighted by Gasteiger charge is -2.08. The Morgan fingerprint density at radius 2 is 2.08 bits per heavy atom. The first kappa shape index (κ1) is 17.0. The fraction of sp³-hybridized carbons (Fsp3) is 0.133. The standard InChI is InChI=1S/C15H13N7O4/c1-8-5-9(2)21-15(17-8)18-13(20-21)14(24)19-16-7-10-6-11(22(25)26)3-4-12(10)23/h3-7,23H,1-2H3,(H,19,24)/p-1/b16-7-. The fourth-order valence-corrected chi connectivity index (χ4v) is 2.22. The molecule has 132 valence electrons. The minimum atomic E-state index is -0.707. The van der Waals surface area contributed by atoms with E-state index in [0.29, 0.717) is 0 Å². The van der Waals surface area contributed by atoms with Gasteiger partial charge in [-0.05, 0) is 25.5 Å². The molecule has 0 unspecified atom stereocenters. The predicted molar refractivity (Wildman–Crippen MR) is 87.9 cm³/mol. The van der Waals surface area contributed by atoms with Crippen LogP contribution in [0.5, 0.6) is 5.75 Å². The number of nitrogens with one attached hydrogen (secondary N) is 1. The molecule has 11 heteroatoms. The molecular formula is C15H12N7O4-. The molecule has 0 aliphatic carbocycles. The Labute approximate surface area is 146 Å². The second kappa shape index (κ2) is 6.55. The molecule has 1 N–H and O–H groups in total. The van der Waals surface area contributed by atoms with Crippen molar-refractivity contribution in [3.63, 3.8) is 0 Å². The lowest BCUT2D eigenvalue weighted by Crippen LogP contribution is -2.19. The van der Waals surface area contributed by atoms with Crippen LogP contribution >= 0.6 is 0 Å². The van der Waals surface area contributed by atoms with Crippen molar-refractivity contribution < 1.29 is 14.8 Å². The number of hydrazone groups is 1. The summed E-state index contributed by atoms with van der Waals surface area (Å²) in [5.41, 5.74) is 3.39. The molecular weight excluding hydrogens is 342 g/mol. The van der Waals surface area contributed by atoms with Crippen LogP contribution in [-0.2, 0) is 0 Å². The van der Waals surface area contributed by atoms with Gasteiger partial charge in [0.15, 0.2) is 0 Å². The number of nitro groups is 1. The van der Waals surface area contributed by atoms with Gasteiger partial charge in [-0.2, -0.15) is 10.1 Å². The maximum atomic E-state index is 12.1. The normalized spacial score (nSPS) is 11.2. The number of nitro benzene ring substituents is 1. The third-order valence-corrected chi connectivity index (χ3v) is 3.40. The number of carbonyl (C=O) groups excluding carboxylic acids is 1. The molecule has 0 saturated carbocycles. The zero-order chi connectivity index (χ0) is 18.8. The van der Waals surface area contributed by atoms with Crippen LogP contribution in [0.15, 0.2) is 29.4 Å². The van der Waals surface area contributed by atoms with Crippen LogP contribution in [0.2, 0.25) is 0 Å². The van der Waals surface area contributed by atoms with E-state index in [9.17, 15) is 20.0 Å². The van der Waals surface area contributed by atoms with Gasteiger partial charge in [0, 0.05) is 23.5 Å². The number of carbonyl (C=O) groups is 1. The summed E-state index contributed by atoms with van der Waals surface area (Å²) in [4.78, 5) is 30.4. The molecule has 0 radical (unpaired) electrons. The van der Waals surface area contributed by atoms with Crippen molar-refractivity contribution in [3.05, 3.63) is 57.2 Å². The minimum absolute atomic E-state index is 0.0319. The highest BCUT2D eigenvalue weighted by atomic mass is 16.6. The molecule has 0 aliphatic heterocycles. The van der Waals surface area contributed by atoms with Crippen molar-refractivity contribution in [2.24, 2.45) is 5.10 Å². The van der Waals surface area contributed by atoms with E-state index < -0.39 is 16.6 Å². The zero-order valence-electron chi connectivity index (χ0n) is 13.7. The first-order chi connectivity index (χ1) is 12.3. The van der Waals surface area contributed by atoms with Crippen molar-refractivity contribution in [1.29, 1.82) is 0 Å². The second-order valence-electron chi connectivity index (χ2n) is 5.36. The topological polar surface area (TPSA) is 151 Å². The van der Waals surface area contributed by atoms with E-state index in [1.165, 1.54) is 4.52 Å². The van der Waals surface area contributed by atoms with E-state index in [4.69, 9.17) is 0 Å². The van der Waals surface area contributed by atoms with Gasteiger partial charge in [0.25, 0.3) is 11.5 Å². The molecule has 0 spiro atoms. The van der Waals surface area contributed by atoms with Gasteiger partial charge < -0.3 is 5.11 Å². The highest BCUT2D eigenvalue weighted by Gasteiger charge is 2.14. The van der Waals surface area contributed by atoms with Crippen molar-refractivity contribution in [2.75, 3.05) is 0 Å².